The van der Waals surface area contributed by atoms with Crippen LogP contribution in [0.3, 0.4) is 0 Å². The standard InChI is InChI=1S/C31H49O3P/c1-12-13-16-31(10,35-27-15-14-21(2)17-24(27)22(3)32)26-19-23(29(4,5)6)18-25(30(7,8)9)28(26)34-20-33-11/h14-15,17-19,22,32,35H,12-13,16,20H2,1-11H3. The van der Waals surface area contributed by atoms with Crippen LogP contribution < -0.4 is 10.0 Å². The highest BCUT2D eigenvalue weighted by Crippen LogP contribution is 2.52. The Morgan fingerprint density at radius 1 is 0.943 bits per heavy atom. The first-order valence-corrected chi connectivity index (χ1v) is 14.0. The molecule has 0 spiro atoms. The zero-order valence-electron chi connectivity index (χ0n) is 24.1. The molecular weight excluding hydrogens is 451 g/mol. The molecule has 0 saturated carbocycles. The lowest BCUT2D eigenvalue weighted by Crippen LogP contribution is -2.26. The molecular formula is C31H49O3P. The summed E-state index contributed by atoms with van der Waals surface area (Å²) in [5.74, 6) is 0.962. The molecule has 4 heteroatoms. The molecule has 0 bridgehead atoms. The molecule has 3 unspecified atom stereocenters. The highest BCUT2D eigenvalue weighted by molar-refractivity contribution is 7.48. The lowest BCUT2D eigenvalue weighted by molar-refractivity contribution is 0.0486. The Balaban J connectivity index is 2.87. The summed E-state index contributed by atoms with van der Waals surface area (Å²) in [5, 5.41) is 11.7. The fourth-order valence-corrected chi connectivity index (χ4v) is 6.34. The molecule has 1 N–H and O–H groups in total. The van der Waals surface area contributed by atoms with Gasteiger partial charge in [-0.3, -0.25) is 0 Å². The van der Waals surface area contributed by atoms with Crippen LogP contribution in [0.1, 0.15) is 115 Å². The van der Waals surface area contributed by atoms with Crippen LogP contribution in [-0.4, -0.2) is 19.0 Å². The van der Waals surface area contributed by atoms with Gasteiger partial charge in [0.25, 0.3) is 0 Å². The van der Waals surface area contributed by atoms with Gasteiger partial charge in [-0.15, -0.1) is 0 Å². The third kappa shape index (κ3) is 7.54. The Kier molecular flexibility index (Phi) is 10.0. The van der Waals surface area contributed by atoms with Gasteiger partial charge in [-0.25, -0.2) is 0 Å². The minimum absolute atomic E-state index is 0.0119. The first-order valence-electron chi connectivity index (χ1n) is 13.0. The summed E-state index contributed by atoms with van der Waals surface area (Å²) in [4.78, 5) is 0. The first kappa shape index (κ1) is 29.8. The minimum atomic E-state index is -0.497. The van der Waals surface area contributed by atoms with E-state index in [1.807, 2.05) is 6.92 Å². The zero-order chi connectivity index (χ0) is 26.6. The molecule has 0 heterocycles. The van der Waals surface area contributed by atoms with Gasteiger partial charge in [0.15, 0.2) is 6.79 Å². The predicted molar refractivity (Wildman–Crippen MR) is 153 cm³/mol. The second-order valence-corrected chi connectivity index (χ2v) is 14.2. The summed E-state index contributed by atoms with van der Waals surface area (Å²) in [6, 6.07) is 11.3. The van der Waals surface area contributed by atoms with Gasteiger partial charge in [0.2, 0.25) is 0 Å². The molecule has 0 aliphatic heterocycles. The van der Waals surface area contributed by atoms with Crippen molar-refractivity contribution in [3.8, 4) is 5.75 Å². The molecule has 0 aliphatic rings. The second kappa shape index (κ2) is 11.8. The number of ether oxygens (including phenoxy) is 2. The van der Waals surface area contributed by atoms with Crippen LogP contribution in [0, 0.1) is 6.92 Å². The number of rotatable bonds is 10. The highest BCUT2D eigenvalue weighted by Gasteiger charge is 2.36. The van der Waals surface area contributed by atoms with Crippen LogP contribution in [0.2, 0.25) is 0 Å². The van der Waals surface area contributed by atoms with E-state index in [0.717, 1.165) is 30.6 Å². The number of methoxy groups -OCH3 is 1. The van der Waals surface area contributed by atoms with E-state index in [1.54, 1.807) is 7.11 Å². The molecule has 2 aromatic rings. The third-order valence-corrected chi connectivity index (χ3v) is 8.57. The summed E-state index contributed by atoms with van der Waals surface area (Å²) in [6.07, 6.45) is 2.82. The summed E-state index contributed by atoms with van der Waals surface area (Å²) in [7, 11) is 2.18. The van der Waals surface area contributed by atoms with Crippen LogP contribution >= 0.6 is 8.58 Å². The Hall–Kier alpha value is -1.41. The molecule has 0 aromatic heterocycles. The van der Waals surface area contributed by atoms with Crippen LogP contribution in [0.25, 0.3) is 0 Å². The molecule has 0 aliphatic carbocycles. The fourth-order valence-electron chi connectivity index (χ4n) is 4.54. The van der Waals surface area contributed by atoms with Crippen molar-refractivity contribution < 1.29 is 14.6 Å². The van der Waals surface area contributed by atoms with Gasteiger partial charge in [0.05, 0.1) is 6.10 Å². The Morgan fingerprint density at radius 3 is 2.09 bits per heavy atom. The van der Waals surface area contributed by atoms with Crippen molar-refractivity contribution >= 4 is 13.9 Å². The summed E-state index contributed by atoms with van der Waals surface area (Å²) >= 11 is 0. The maximum absolute atomic E-state index is 10.6. The Morgan fingerprint density at radius 2 is 1.57 bits per heavy atom. The zero-order valence-corrected chi connectivity index (χ0v) is 25.1. The molecule has 3 atom stereocenters. The van der Waals surface area contributed by atoms with E-state index in [9.17, 15) is 5.11 Å². The van der Waals surface area contributed by atoms with Gasteiger partial charge >= 0.3 is 0 Å². The van der Waals surface area contributed by atoms with E-state index in [4.69, 9.17) is 9.47 Å². The SMILES string of the molecule is CCCCC(C)(Pc1ccc(C)cc1C(C)O)c1cc(C(C)(C)C)cc(C(C)(C)C)c1OCOC. The molecule has 0 radical (unpaired) electrons. The Labute approximate surface area is 216 Å². The second-order valence-electron chi connectivity index (χ2n) is 12.3. The maximum atomic E-state index is 10.6. The summed E-state index contributed by atoms with van der Waals surface area (Å²) < 4.78 is 11.8. The van der Waals surface area contributed by atoms with Crippen molar-refractivity contribution in [1.29, 1.82) is 0 Å². The maximum Gasteiger partial charge on any atom is 0.188 e. The molecule has 2 rings (SSSR count). The molecule has 196 valence electrons. The van der Waals surface area contributed by atoms with E-state index < -0.39 is 6.10 Å². The van der Waals surface area contributed by atoms with E-state index >= 15 is 0 Å². The van der Waals surface area contributed by atoms with Crippen molar-refractivity contribution in [3.63, 3.8) is 0 Å². The van der Waals surface area contributed by atoms with Crippen LogP contribution in [0.4, 0.5) is 0 Å². The Bertz CT molecular complexity index is 982. The van der Waals surface area contributed by atoms with Gasteiger partial charge in [0, 0.05) is 23.4 Å². The molecule has 0 fully saturated rings. The smallest absolute Gasteiger partial charge is 0.188 e. The normalized spacial score (nSPS) is 15.4. The van der Waals surface area contributed by atoms with Crippen LogP contribution in [0.5, 0.6) is 5.75 Å². The van der Waals surface area contributed by atoms with E-state index in [2.05, 4.69) is 92.6 Å². The largest absolute Gasteiger partial charge is 0.467 e. The van der Waals surface area contributed by atoms with Crippen molar-refractivity contribution in [1.82, 2.24) is 0 Å². The topological polar surface area (TPSA) is 38.7 Å². The number of unbranched alkanes of at least 4 members (excludes halogenated alkanes) is 1. The summed E-state index contributed by atoms with van der Waals surface area (Å²) in [5.41, 5.74) is 5.96. The van der Waals surface area contributed by atoms with Crippen molar-refractivity contribution in [2.45, 2.75) is 111 Å². The number of hydrogen-bond acceptors (Lipinski definition) is 3. The van der Waals surface area contributed by atoms with E-state index in [0.29, 0.717) is 8.58 Å². The van der Waals surface area contributed by atoms with Gasteiger partial charge in [0.1, 0.15) is 5.75 Å². The van der Waals surface area contributed by atoms with Crippen molar-refractivity contribution in [3.05, 3.63) is 58.1 Å². The average molecular weight is 501 g/mol. The number of aryl methyl sites for hydroxylation is 1. The van der Waals surface area contributed by atoms with Crippen LogP contribution in [-0.2, 0) is 20.7 Å². The molecule has 3 nitrogen and oxygen atoms in total. The number of aliphatic hydroxyl groups excluding tert-OH is 1. The van der Waals surface area contributed by atoms with Gasteiger partial charge < -0.3 is 14.6 Å². The average Bonchev–Trinajstić information content (AvgIpc) is 2.75. The molecule has 0 saturated heterocycles. The molecule has 2 aromatic carbocycles. The monoisotopic (exact) mass is 500 g/mol. The molecule has 0 amide bonds. The summed E-state index contributed by atoms with van der Waals surface area (Å²) in [6.45, 7) is 22.5. The van der Waals surface area contributed by atoms with E-state index in [1.165, 1.54) is 27.6 Å². The number of benzene rings is 2. The number of aliphatic hydroxyl groups is 1. The fraction of sp³-hybridized carbons (Fsp3) is 0.613. The lowest BCUT2D eigenvalue weighted by Gasteiger charge is -2.37. The van der Waals surface area contributed by atoms with Crippen LogP contribution in [0.15, 0.2) is 30.3 Å². The lowest BCUT2D eigenvalue weighted by atomic mass is 9.76. The van der Waals surface area contributed by atoms with Crippen molar-refractivity contribution in [2.24, 2.45) is 0 Å². The minimum Gasteiger partial charge on any atom is -0.467 e. The van der Waals surface area contributed by atoms with Gasteiger partial charge in [-0.05, 0) is 47.5 Å². The third-order valence-electron chi connectivity index (χ3n) is 6.78. The quantitative estimate of drug-likeness (QED) is 0.265. The predicted octanol–water partition coefficient (Wildman–Crippen LogP) is 8.04. The van der Waals surface area contributed by atoms with Gasteiger partial charge in [-0.1, -0.05) is 113 Å². The van der Waals surface area contributed by atoms with Gasteiger partial charge in [-0.2, -0.15) is 0 Å². The van der Waals surface area contributed by atoms with Crippen molar-refractivity contribution in [2.75, 3.05) is 13.9 Å². The van der Waals surface area contributed by atoms with E-state index in [-0.39, 0.29) is 22.8 Å². The highest BCUT2D eigenvalue weighted by atomic mass is 31.1. The number of hydrogen-bond donors (Lipinski definition) is 1. The molecule has 35 heavy (non-hydrogen) atoms. The first-order chi connectivity index (χ1) is 16.1.